The molecule has 0 radical (unpaired) electrons. The van der Waals surface area contributed by atoms with Crippen molar-refractivity contribution < 1.29 is 32.8 Å². The minimum Gasteiger partial charge on any atom is -0.457 e. The lowest BCUT2D eigenvalue weighted by atomic mass is 10.0. The predicted molar refractivity (Wildman–Crippen MR) is 252 cm³/mol. The second-order valence-electron chi connectivity index (χ2n) is 16.3. The van der Waals surface area contributed by atoms with Crippen LogP contribution in [-0.4, -0.2) is 49.9 Å². The van der Waals surface area contributed by atoms with Gasteiger partial charge in [-0.2, -0.15) is 0 Å². The van der Waals surface area contributed by atoms with E-state index in [4.69, 9.17) is 24.3 Å². The Labute approximate surface area is 364 Å². The number of esters is 1. The number of phosphoric acid groups is 1. The largest absolute Gasteiger partial charge is 0.472 e. The summed E-state index contributed by atoms with van der Waals surface area (Å²) in [5.41, 5.74) is 5.38. The fraction of sp³-hybridized carbons (Fsp3) is 0.820. The van der Waals surface area contributed by atoms with Crippen LogP contribution in [0.3, 0.4) is 0 Å². The minimum absolute atomic E-state index is 0.0946. The molecule has 0 saturated carbocycles. The standard InChI is InChI=1S/C50H94NO7P/c1-3-5-7-9-11-13-15-17-19-21-22-23-24-25-26-27-28-29-31-33-35-37-39-41-43-50(52)58-49(48-57-59(53,54)56-46-44-51)47-55-45-42-40-38-36-34-32-30-20-18-16-14-12-10-8-6-4-2/h6,8,12,14,18,20,32,34,49H,3-5,7,9-11,13,15-17,19,21-31,33,35-48,51H2,1-2H3,(H,53,54)/b8-6-,14-12-,20-18-,34-32-. The molecule has 2 atom stereocenters. The van der Waals surface area contributed by atoms with Gasteiger partial charge in [-0.05, 0) is 51.4 Å². The number of hydrogen-bond acceptors (Lipinski definition) is 7. The van der Waals surface area contributed by atoms with Gasteiger partial charge in [0, 0.05) is 19.6 Å². The normalized spacial score (nSPS) is 13.8. The van der Waals surface area contributed by atoms with Gasteiger partial charge in [-0.25, -0.2) is 4.57 Å². The van der Waals surface area contributed by atoms with Crippen LogP contribution in [0.25, 0.3) is 0 Å². The summed E-state index contributed by atoms with van der Waals surface area (Å²) in [6.07, 6.45) is 57.3. The van der Waals surface area contributed by atoms with Crippen LogP contribution in [-0.2, 0) is 27.9 Å². The van der Waals surface area contributed by atoms with E-state index in [-0.39, 0.29) is 32.3 Å². The van der Waals surface area contributed by atoms with Gasteiger partial charge >= 0.3 is 13.8 Å². The molecule has 0 aliphatic rings. The fourth-order valence-electron chi connectivity index (χ4n) is 6.93. The Bertz CT molecular complexity index is 1050. The van der Waals surface area contributed by atoms with Crippen LogP contribution in [0.4, 0.5) is 0 Å². The third-order valence-corrected chi connectivity index (χ3v) is 11.5. The minimum atomic E-state index is -4.29. The molecule has 8 nitrogen and oxygen atoms in total. The van der Waals surface area contributed by atoms with Crippen molar-refractivity contribution in [3.8, 4) is 0 Å². The van der Waals surface area contributed by atoms with E-state index in [0.29, 0.717) is 13.0 Å². The monoisotopic (exact) mass is 852 g/mol. The quantitative estimate of drug-likeness (QED) is 0.0269. The first-order valence-corrected chi connectivity index (χ1v) is 26.1. The zero-order valence-electron chi connectivity index (χ0n) is 38.5. The Balaban J connectivity index is 3.94. The number of rotatable bonds is 47. The average molecular weight is 852 g/mol. The molecule has 0 aromatic heterocycles. The van der Waals surface area contributed by atoms with Crippen molar-refractivity contribution in [3.63, 3.8) is 0 Å². The molecule has 2 unspecified atom stereocenters. The Morgan fingerprint density at radius 3 is 1.41 bits per heavy atom. The number of ether oxygens (including phenoxy) is 2. The fourth-order valence-corrected chi connectivity index (χ4v) is 7.70. The lowest BCUT2D eigenvalue weighted by molar-refractivity contribution is -0.154. The SMILES string of the molecule is CC/C=C\C/C=C\C/C=C\C/C=C\CCCCCOCC(COP(=O)(O)OCCN)OC(=O)CCCCCCCCCCCCCCCCCCCCCCCCCC. The van der Waals surface area contributed by atoms with Gasteiger partial charge in [0.25, 0.3) is 0 Å². The molecule has 0 fully saturated rings. The van der Waals surface area contributed by atoms with Crippen LogP contribution in [0.15, 0.2) is 48.6 Å². The molecule has 0 amide bonds. The van der Waals surface area contributed by atoms with E-state index < -0.39 is 13.9 Å². The average Bonchev–Trinajstić information content (AvgIpc) is 3.23. The number of nitrogens with two attached hydrogens (primary N) is 1. The summed E-state index contributed by atoms with van der Waals surface area (Å²) in [5, 5.41) is 0. The van der Waals surface area contributed by atoms with E-state index in [9.17, 15) is 14.3 Å². The van der Waals surface area contributed by atoms with E-state index >= 15 is 0 Å². The number of hydrogen-bond donors (Lipinski definition) is 2. The summed E-state index contributed by atoms with van der Waals surface area (Å²) in [4.78, 5) is 22.6. The van der Waals surface area contributed by atoms with E-state index in [2.05, 4.69) is 62.5 Å². The Hall–Kier alpha value is -1.54. The maximum absolute atomic E-state index is 12.6. The highest BCUT2D eigenvalue weighted by Gasteiger charge is 2.25. The highest BCUT2D eigenvalue weighted by molar-refractivity contribution is 7.47. The van der Waals surface area contributed by atoms with Crippen LogP contribution in [0.2, 0.25) is 0 Å². The van der Waals surface area contributed by atoms with Crippen LogP contribution in [0.1, 0.15) is 226 Å². The summed E-state index contributed by atoms with van der Waals surface area (Å²) >= 11 is 0. The van der Waals surface area contributed by atoms with Crippen molar-refractivity contribution in [1.82, 2.24) is 0 Å². The molecule has 0 aromatic rings. The van der Waals surface area contributed by atoms with Gasteiger partial charge < -0.3 is 20.1 Å². The first kappa shape index (κ1) is 57.5. The number of carbonyl (C=O) groups excluding carboxylic acids is 1. The van der Waals surface area contributed by atoms with Gasteiger partial charge in [-0.3, -0.25) is 13.8 Å². The molecule has 0 spiro atoms. The van der Waals surface area contributed by atoms with Crippen molar-refractivity contribution >= 4 is 13.8 Å². The van der Waals surface area contributed by atoms with Crippen LogP contribution >= 0.6 is 7.82 Å². The Morgan fingerprint density at radius 2 is 0.949 bits per heavy atom. The molecular formula is C50H94NO7P. The Kier molecular flexibility index (Phi) is 46.3. The van der Waals surface area contributed by atoms with Gasteiger partial charge in [0.15, 0.2) is 0 Å². The molecule has 3 N–H and O–H groups in total. The summed E-state index contributed by atoms with van der Waals surface area (Å²) in [6.45, 7) is 4.76. The molecule has 9 heteroatoms. The first-order chi connectivity index (χ1) is 28.9. The maximum Gasteiger partial charge on any atom is 0.472 e. The third-order valence-electron chi connectivity index (χ3n) is 10.5. The Morgan fingerprint density at radius 1 is 0.525 bits per heavy atom. The second-order valence-corrected chi connectivity index (χ2v) is 17.8. The van der Waals surface area contributed by atoms with Gasteiger partial charge in [0.1, 0.15) is 6.10 Å². The first-order valence-electron chi connectivity index (χ1n) is 24.6. The van der Waals surface area contributed by atoms with Crippen molar-refractivity contribution in [2.24, 2.45) is 5.73 Å². The van der Waals surface area contributed by atoms with Gasteiger partial charge in [0.05, 0.1) is 19.8 Å². The van der Waals surface area contributed by atoms with Crippen molar-refractivity contribution in [3.05, 3.63) is 48.6 Å². The molecule has 346 valence electrons. The summed E-state index contributed by atoms with van der Waals surface area (Å²) < 4.78 is 33.5. The number of carbonyl (C=O) groups is 1. The molecule has 0 aliphatic carbocycles. The molecule has 0 heterocycles. The second kappa shape index (κ2) is 47.5. The van der Waals surface area contributed by atoms with E-state index in [0.717, 1.165) is 70.6 Å². The molecule has 0 aromatic carbocycles. The lowest BCUT2D eigenvalue weighted by Gasteiger charge is -2.20. The van der Waals surface area contributed by atoms with Crippen LogP contribution in [0, 0.1) is 0 Å². The smallest absolute Gasteiger partial charge is 0.457 e. The molecule has 0 bridgehead atoms. The zero-order chi connectivity index (χ0) is 43.0. The molecule has 0 saturated heterocycles. The number of phosphoric ester groups is 1. The number of unbranched alkanes of at least 4 members (excludes halogenated alkanes) is 26. The summed E-state index contributed by atoms with van der Waals surface area (Å²) in [5.74, 6) is -0.338. The highest BCUT2D eigenvalue weighted by atomic mass is 31.2. The predicted octanol–water partition coefficient (Wildman–Crippen LogP) is 15.1. The summed E-state index contributed by atoms with van der Waals surface area (Å²) in [7, 11) is -4.29. The number of allylic oxidation sites excluding steroid dienone is 8. The van der Waals surface area contributed by atoms with Crippen molar-refractivity contribution in [2.75, 3.05) is 33.0 Å². The van der Waals surface area contributed by atoms with E-state index in [1.807, 2.05) is 0 Å². The highest BCUT2D eigenvalue weighted by Crippen LogP contribution is 2.43. The van der Waals surface area contributed by atoms with Crippen LogP contribution < -0.4 is 5.73 Å². The lowest BCUT2D eigenvalue weighted by Crippen LogP contribution is -2.28. The van der Waals surface area contributed by atoms with E-state index in [1.165, 1.54) is 135 Å². The molecular weight excluding hydrogens is 758 g/mol. The third kappa shape index (κ3) is 47.4. The molecule has 59 heavy (non-hydrogen) atoms. The maximum atomic E-state index is 12.6. The van der Waals surface area contributed by atoms with Gasteiger partial charge in [0.2, 0.25) is 0 Å². The van der Waals surface area contributed by atoms with E-state index in [1.54, 1.807) is 0 Å². The molecule has 0 rings (SSSR count). The summed E-state index contributed by atoms with van der Waals surface area (Å²) in [6, 6.07) is 0. The van der Waals surface area contributed by atoms with Gasteiger partial charge in [-0.15, -0.1) is 0 Å². The topological polar surface area (TPSA) is 117 Å². The van der Waals surface area contributed by atoms with Crippen molar-refractivity contribution in [1.29, 1.82) is 0 Å². The molecule has 0 aliphatic heterocycles. The zero-order valence-corrected chi connectivity index (χ0v) is 39.4. The van der Waals surface area contributed by atoms with Gasteiger partial charge in [-0.1, -0.05) is 217 Å². The van der Waals surface area contributed by atoms with Crippen molar-refractivity contribution in [2.45, 2.75) is 232 Å². The van der Waals surface area contributed by atoms with Crippen LogP contribution in [0.5, 0.6) is 0 Å².